The SMILES string of the molecule is CC=C(C)C1Sc2ccccc2Oc2ccccc2S1. The molecule has 0 aliphatic carbocycles. The molecular weight excluding hydrogens is 284 g/mol. The maximum absolute atomic E-state index is 6.08. The van der Waals surface area contributed by atoms with E-state index in [0.29, 0.717) is 4.58 Å². The molecule has 1 aliphatic heterocycles. The normalized spacial score (nSPS) is 15.6. The Morgan fingerprint density at radius 3 is 1.95 bits per heavy atom. The first-order valence-electron chi connectivity index (χ1n) is 6.60. The van der Waals surface area contributed by atoms with Crippen LogP contribution in [-0.2, 0) is 0 Å². The summed E-state index contributed by atoms with van der Waals surface area (Å²) in [5.74, 6) is 1.89. The quantitative estimate of drug-likeness (QED) is 0.600. The highest BCUT2D eigenvalue weighted by Crippen LogP contribution is 2.48. The standard InChI is InChI=1S/C17H16OS2/c1-3-12(2)17-19-15-10-6-4-8-13(15)18-14-9-5-7-11-16(14)20-17/h3-11,17H,1-2H3. The van der Waals surface area contributed by atoms with Crippen LogP contribution in [0.15, 0.2) is 70.0 Å². The van der Waals surface area contributed by atoms with Crippen LogP contribution < -0.4 is 4.74 Å². The molecule has 1 heterocycles. The number of thioether (sulfide) groups is 2. The lowest BCUT2D eigenvalue weighted by Crippen LogP contribution is -2.03. The van der Waals surface area contributed by atoms with Crippen LogP contribution in [0.5, 0.6) is 11.5 Å². The molecule has 1 aliphatic rings. The Balaban J connectivity index is 2.09. The lowest BCUT2D eigenvalue weighted by atomic mass is 10.3. The molecule has 0 atom stereocenters. The Morgan fingerprint density at radius 2 is 1.45 bits per heavy atom. The summed E-state index contributed by atoms with van der Waals surface area (Å²) in [6.07, 6.45) is 2.19. The molecule has 3 rings (SSSR count). The van der Waals surface area contributed by atoms with Crippen LogP contribution in [0.4, 0.5) is 0 Å². The molecule has 0 saturated heterocycles. The zero-order valence-electron chi connectivity index (χ0n) is 11.5. The number of hydrogen-bond acceptors (Lipinski definition) is 3. The van der Waals surface area contributed by atoms with Crippen molar-refractivity contribution in [3.05, 3.63) is 60.2 Å². The average molecular weight is 300 g/mol. The molecule has 20 heavy (non-hydrogen) atoms. The van der Waals surface area contributed by atoms with Gasteiger partial charge >= 0.3 is 0 Å². The maximum Gasteiger partial charge on any atom is 0.141 e. The number of hydrogen-bond donors (Lipinski definition) is 0. The first-order valence-corrected chi connectivity index (χ1v) is 8.36. The van der Waals surface area contributed by atoms with Gasteiger partial charge in [0.25, 0.3) is 0 Å². The predicted molar refractivity (Wildman–Crippen MR) is 87.9 cm³/mol. The molecule has 0 fully saturated rings. The predicted octanol–water partition coefficient (Wildman–Crippen LogP) is 5.97. The van der Waals surface area contributed by atoms with Gasteiger partial charge in [0.15, 0.2) is 0 Å². The van der Waals surface area contributed by atoms with Crippen LogP contribution in [0.3, 0.4) is 0 Å². The molecule has 0 saturated carbocycles. The van der Waals surface area contributed by atoms with Gasteiger partial charge in [0.2, 0.25) is 0 Å². The molecule has 3 heteroatoms. The van der Waals surface area contributed by atoms with Crippen LogP contribution in [0.25, 0.3) is 0 Å². The van der Waals surface area contributed by atoms with Crippen molar-refractivity contribution in [2.24, 2.45) is 0 Å². The van der Waals surface area contributed by atoms with E-state index in [2.05, 4.69) is 44.2 Å². The maximum atomic E-state index is 6.08. The summed E-state index contributed by atoms with van der Waals surface area (Å²) in [4.78, 5) is 2.39. The Morgan fingerprint density at radius 1 is 0.950 bits per heavy atom. The summed E-state index contributed by atoms with van der Waals surface area (Å²) in [7, 11) is 0. The minimum Gasteiger partial charge on any atom is -0.455 e. The van der Waals surface area contributed by atoms with E-state index in [0.717, 1.165) is 11.5 Å². The third kappa shape index (κ3) is 2.74. The second-order valence-corrected chi connectivity index (χ2v) is 7.19. The van der Waals surface area contributed by atoms with E-state index in [-0.39, 0.29) is 0 Å². The molecule has 0 aromatic heterocycles. The van der Waals surface area contributed by atoms with Gasteiger partial charge in [-0.05, 0) is 38.1 Å². The molecule has 1 nitrogen and oxygen atoms in total. The van der Waals surface area contributed by atoms with E-state index in [1.165, 1.54) is 15.4 Å². The average Bonchev–Trinajstić information content (AvgIpc) is 2.46. The number of benzene rings is 2. The summed E-state index contributed by atoms with van der Waals surface area (Å²) >= 11 is 3.71. The van der Waals surface area contributed by atoms with Gasteiger partial charge in [-0.3, -0.25) is 0 Å². The third-order valence-electron chi connectivity index (χ3n) is 3.21. The van der Waals surface area contributed by atoms with E-state index in [9.17, 15) is 0 Å². The molecule has 2 aromatic rings. The van der Waals surface area contributed by atoms with Gasteiger partial charge < -0.3 is 4.74 Å². The fourth-order valence-corrected chi connectivity index (χ4v) is 4.64. The van der Waals surface area contributed by atoms with Crippen molar-refractivity contribution in [3.63, 3.8) is 0 Å². The van der Waals surface area contributed by atoms with Crippen LogP contribution in [0, 0.1) is 0 Å². The van der Waals surface area contributed by atoms with E-state index in [4.69, 9.17) is 4.74 Å². The molecule has 0 unspecified atom stereocenters. The van der Waals surface area contributed by atoms with Crippen molar-refractivity contribution in [1.29, 1.82) is 0 Å². The number of fused-ring (bicyclic) bond motifs is 2. The monoisotopic (exact) mass is 300 g/mol. The Bertz CT molecular complexity index is 601. The lowest BCUT2D eigenvalue weighted by Gasteiger charge is -2.23. The van der Waals surface area contributed by atoms with Crippen LogP contribution in [-0.4, -0.2) is 4.58 Å². The summed E-state index contributed by atoms with van der Waals surface area (Å²) in [6, 6.07) is 16.5. The number of rotatable bonds is 1. The van der Waals surface area contributed by atoms with Gasteiger partial charge in [-0.2, -0.15) is 0 Å². The van der Waals surface area contributed by atoms with Gasteiger partial charge in [-0.25, -0.2) is 0 Å². The van der Waals surface area contributed by atoms with Gasteiger partial charge in [0.1, 0.15) is 11.5 Å². The summed E-state index contributed by atoms with van der Waals surface area (Å²) < 4.78 is 6.46. The lowest BCUT2D eigenvalue weighted by molar-refractivity contribution is 0.459. The largest absolute Gasteiger partial charge is 0.455 e. The highest BCUT2D eigenvalue weighted by molar-refractivity contribution is 8.17. The van der Waals surface area contributed by atoms with Crippen molar-refractivity contribution in [1.82, 2.24) is 0 Å². The minimum atomic E-state index is 0.381. The number of allylic oxidation sites excluding steroid dienone is 1. The van der Waals surface area contributed by atoms with Gasteiger partial charge in [-0.15, -0.1) is 23.5 Å². The van der Waals surface area contributed by atoms with E-state index in [1.54, 1.807) is 0 Å². The Labute approximate surface area is 128 Å². The zero-order chi connectivity index (χ0) is 13.9. The minimum absolute atomic E-state index is 0.381. The summed E-state index contributed by atoms with van der Waals surface area (Å²) in [5.41, 5.74) is 1.38. The number of para-hydroxylation sites is 2. The van der Waals surface area contributed by atoms with Crippen molar-refractivity contribution in [2.45, 2.75) is 28.2 Å². The highest BCUT2D eigenvalue weighted by Gasteiger charge is 2.21. The van der Waals surface area contributed by atoms with Crippen molar-refractivity contribution in [3.8, 4) is 11.5 Å². The molecule has 0 spiro atoms. The Hall–Kier alpha value is -1.32. The fraction of sp³-hybridized carbons (Fsp3) is 0.176. The molecule has 2 aromatic carbocycles. The second kappa shape index (κ2) is 5.98. The molecular formula is C17H16OS2. The zero-order valence-corrected chi connectivity index (χ0v) is 13.1. The van der Waals surface area contributed by atoms with Crippen molar-refractivity contribution < 1.29 is 4.74 Å². The van der Waals surface area contributed by atoms with Crippen molar-refractivity contribution in [2.75, 3.05) is 0 Å². The third-order valence-corrected chi connectivity index (χ3v) is 6.14. The van der Waals surface area contributed by atoms with Crippen LogP contribution in [0.1, 0.15) is 13.8 Å². The smallest absolute Gasteiger partial charge is 0.141 e. The second-order valence-electron chi connectivity index (χ2n) is 4.60. The highest BCUT2D eigenvalue weighted by atomic mass is 32.2. The van der Waals surface area contributed by atoms with Crippen molar-refractivity contribution >= 4 is 23.5 Å². The molecule has 0 bridgehead atoms. The van der Waals surface area contributed by atoms with Gasteiger partial charge in [-0.1, -0.05) is 35.9 Å². The van der Waals surface area contributed by atoms with Gasteiger partial charge in [0, 0.05) is 0 Å². The molecule has 0 amide bonds. The summed E-state index contributed by atoms with van der Waals surface area (Å²) in [6.45, 7) is 4.29. The molecule has 0 radical (unpaired) electrons. The Kier molecular flexibility index (Phi) is 4.08. The van der Waals surface area contributed by atoms with Crippen LogP contribution >= 0.6 is 23.5 Å². The summed E-state index contributed by atoms with van der Waals surface area (Å²) in [5, 5.41) is 0. The van der Waals surface area contributed by atoms with E-state index >= 15 is 0 Å². The topological polar surface area (TPSA) is 9.23 Å². The fourth-order valence-electron chi connectivity index (χ4n) is 1.96. The van der Waals surface area contributed by atoms with E-state index < -0.39 is 0 Å². The van der Waals surface area contributed by atoms with Crippen LogP contribution in [0.2, 0.25) is 0 Å². The first-order chi connectivity index (χ1) is 9.78. The van der Waals surface area contributed by atoms with E-state index in [1.807, 2.05) is 47.8 Å². The molecule has 102 valence electrons. The first kappa shape index (κ1) is 13.7. The molecule has 0 N–H and O–H groups in total. The van der Waals surface area contributed by atoms with Gasteiger partial charge in [0.05, 0.1) is 14.4 Å². The number of ether oxygens (including phenoxy) is 1.